The van der Waals surface area contributed by atoms with Crippen LogP contribution in [0.25, 0.3) is 0 Å². The summed E-state index contributed by atoms with van der Waals surface area (Å²) in [5.74, 6) is 0.847. The minimum absolute atomic E-state index is 0.318. The summed E-state index contributed by atoms with van der Waals surface area (Å²) in [6, 6.07) is 8.60. The van der Waals surface area contributed by atoms with Gasteiger partial charge in [-0.1, -0.05) is 25.1 Å². The first kappa shape index (κ1) is 18.3. The van der Waals surface area contributed by atoms with Crippen molar-refractivity contribution in [3.63, 3.8) is 0 Å². The van der Waals surface area contributed by atoms with Gasteiger partial charge in [0.15, 0.2) is 0 Å². The SMILES string of the molecule is CCc1cncc(N2CCC3(CC2)OCCN3S(=O)(=O)c2ccccc2)n1. The fourth-order valence-corrected chi connectivity index (χ4v) is 5.59. The highest BCUT2D eigenvalue weighted by atomic mass is 32.2. The van der Waals surface area contributed by atoms with E-state index in [0.717, 1.165) is 17.9 Å². The fraction of sp³-hybridized carbons (Fsp3) is 0.474. The molecule has 2 aliphatic heterocycles. The zero-order valence-corrected chi connectivity index (χ0v) is 16.2. The Balaban J connectivity index is 1.54. The molecule has 0 bridgehead atoms. The van der Waals surface area contributed by atoms with E-state index in [1.807, 2.05) is 6.07 Å². The van der Waals surface area contributed by atoms with Gasteiger partial charge < -0.3 is 9.64 Å². The molecule has 0 unspecified atom stereocenters. The van der Waals surface area contributed by atoms with E-state index < -0.39 is 15.7 Å². The zero-order chi connectivity index (χ0) is 18.9. The van der Waals surface area contributed by atoms with Crippen molar-refractivity contribution >= 4 is 15.8 Å². The van der Waals surface area contributed by atoms with Crippen LogP contribution in [0.5, 0.6) is 0 Å². The number of aryl methyl sites for hydroxylation is 1. The van der Waals surface area contributed by atoms with Crippen molar-refractivity contribution in [1.29, 1.82) is 0 Å². The second kappa shape index (κ2) is 7.18. The van der Waals surface area contributed by atoms with Crippen molar-refractivity contribution in [2.75, 3.05) is 31.1 Å². The Labute approximate surface area is 160 Å². The second-order valence-electron chi connectivity index (χ2n) is 6.89. The molecule has 144 valence electrons. The topological polar surface area (TPSA) is 75.6 Å². The van der Waals surface area contributed by atoms with Gasteiger partial charge in [-0.05, 0) is 18.6 Å². The van der Waals surface area contributed by atoms with Crippen molar-refractivity contribution < 1.29 is 13.2 Å². The third-order valence-electron chi connectivity index (χ3n) is 5.35. The first-order chi connectivity index (χ1) is 13.0. The van der Waals surface area contributed by atoms with Crippen molar-refractivity contribution in [1.82, 2.24) is 14.3 Å². The van der Waals surface area contributed by atoms with Crippen LogP contribution in [-0.4, -0.2) is 54.7 Å². The molecule has 0 radical (unpaired) electrons. The maximum absolute atomic E-state index is 13.2. The highest BCUT2D eigenvalue weighted by Crippen LogP contribution is 2.38. The number of aromatic nitrogens is 2. The molecule has 8 heteroatoms. The van der Waals surface area contributed by atoms with Crippen LogP contribution in [0.1, 0.15) is 25.5 Å². The molecule has 2 aromatic rings. The van der Waals surface area contributed by atoms with Crippen LogP contribution >= 0.6 is 0 Å². The maximum atomic E-state index is 13.2. The van der Waals surface area contributed by atoms with Gasteiger partial charge in [0.2, 0.25) is 10.0 Å². The molecule has 2 saturated heterocycles. The average molecular weight is 388 g/mol. The largest absolute Gasteiger partial charge is 0.358 e. The summed E-state index contributed by atoms with van der Waals surface area (Å²) in [6.07, 6.45) is 5.60. The van der Waals surface area contributed by atoms with Gasteiger partial charge in [0.1, 0.15) is 11.5 Å². The summed E-state index contributed by atoms with van der Waals surface area (Å²) >= 11 is 0. The Morgan fingerprint density at radius 2 is 1.85 bits per heavy atom. The van der Waals surface area contributed by atoms with E-state index in [1.54, 1.807) is 41.0 Å². The quantitative estimate of drug-likeness (QED) is 0.798. The molecule has 27 heavy (non-hydrogen) atoms. The molecule has 1 aromatic heterocycles. The van der Waals surface area contributed by atoms with E-state index in [0.29, 0.717) is 44.0 Å². The monoisotopic (exact) mass is 388 g/mol. The van der Waals surface area contributed by atoms with E-state index in [9.17, 15) is 8.42 Å². The zero-order valence-electron chi connectivity index (χ0n) is 15.4. The Bertz CT molecular complexity index is 896. The first-order valence-electron chi connectivity index (χ1n) is 9.33. The smallest absolute Gasteiger partial charge is 0.245 e. The van der Waals surface area contributed by atoms with Crippen LogP contribution in [0.2, 0.25) is 0 Å². The maximum Gasteiger partial charge on any atom is 0.245 e. The van der Waals surface area contributed by atoms with Crippen molar-refractivity contribution in [2.24, 2.45) is 0 Å². The van der Waals surface area contributed by atoms with Gasteiger partial charge in [0, 0.05) is 38.7 Å². The van der Waals surface area contributed by atoms with Gasteiger partial charge in [0.25, 0.3) is 0 Å². The summed E-state index contributed by atoms with van der Waals surface area (Å²) < 4.78 is 33.9. The lowest BCUT2D eigenvalue weighted by atomic mass is 10.0. The molecule has 1 aromatic carbocycles. The molecule has 1 spiro atoms. The van der Waals surface area contributed by atoms with E-state index in [-0.39, 0.29) is 0 Å². The number of hydrogen-bond acceptors (Lipinski definition) is 6. The molecule has 0 atom stereocenters. The number of rotatable bonds is 4. The van der Waals surface area contributed by atoms with Crippen molar-refractivity contribution in [3.05, 3.63) is 48.4 Å². The van der Waals surface area contributed by atoms with Gasteiger partial charge in [-0.25, -0.2) is 13.4 Å². The first-order valence-corrected chi connectivity index (χ1v) is 10.8. The molecule has 2 fully saturated rings. The molecule has 4 rings (SSSR count). The fourth-order valence-electron chi connectivity index (χ4n) is 3.85. The van der Waals surface area contributed by atoms with E-state index in [4.69, 9.17) is 4.74 Å². The number of nitrogens with zero attached hydrogens (tertiary/aromatic N) is 4. The molecule has 3 heterocycles. The van der Waals surface area contributed by atoms with Gasteiger partial charge >= 0.3 is 0 Å². The summed E-state index contributed by atoms with van der Waals surface area (Å²) in [5.41, 5.74) is 0.194. The Morgan fingerprint density at radius 1 is 1.11 bits per heavy atom. The Kier molecular flexibility index (Phi) is 4.88. The van der Waals surface area contributed by atoms with Crippen LogP contribution in [0, 0.1) is 0 Å². The van der Waals surface area contributed by atoms with Gasteiger partial charge in [0.05, 0.1) is 23.4 Å². The number of hydrogen-bond donors (Lipinski definition) is 0. The Morgan fingerprint density at radius 3 is 2.56 bits per heavy atom. The van der Waals surface area contributed by atoms with E-state index >= 15 is 0 Å². The second-order valence-corrected chi connectivity index (χ2v) is 8.76. The number of anilines is 1. The van der Waals surface area contributed by atoms with Crippen molar-refractivity contribution in [3.8, 4) is 0 Å². The third kappa shape index (κ3) is 3.33. The lowest BCUT2D eigenvalue weighted by molar-refractivity contribution is -0.0665. The number of ether oxygens (including phenoxy) is 1. The molecule has 0 N–H and O–H groups in total. The predicted molar refractivity (Wildman–Crippen MR) is 102 cm³/mol. The average Bonchev–Trinajstić information content (AvgIpc) is 3.13. The molecule has 2 aliphatic rings. The van der Waals surface area contributed by atoms with Crippen LogP contribution in [-0.2, 0) is 21.2 Å². The minimum atomic E-state index is -3.58. The van der Waals surface area contributed by atoms with Crippen LogP contribution in [0.15, 0.2) is 47.6 Å². The molecule has 0 saturated carbocycles. The molecule has 0 aliphatic carbocycles. The van der Waals surface area contributed by atoms with Gasteiger partial charge in [-0.15, -0.1) is 0 Å². The normalized spacial score (nSPS) is 20.3. The summed E-state index contributed by atoms with van der Waals surface area (Å²) in [7, 11) is -3.58. The number of piperidine rings is 1. The summed E-state index contributed by atoms with van der Waals surface area (Å²) in [6.45, 7) is 4.24. The van der Waals surface area contributed by atoms with Crippen molar-refractivity contribution in [2.45, 2.75) is 36.8 Å². The number of benzene rings is 1. The summed E-state index contributed by atoms with van der Waals surface area (Å²) in [5, 5.41) is 0. The van der Waals surface area contributed by atoms with E-state index in [1.165, 1.54) is 0 Å². The lowest BCUT2D eigenvalue weighted by Gasteiger charge is -2.43. The van der Waals surface area contributed by atoms with E-state index in [2.05, 4.69) is 21.8 Å². The Hall–Kier alpha value is -2.03. The molecule has 7 nitrogen and oxygen atoms in total. The minimum Gasteiger partial charge on any atom is -0.358 e. The molecular formula is C19H24N4O3S. The summed E-state index contributed by atoms with van der Waals surface area (Å²) in [4.78, 5) is 11.4. The van der Waals surface area contributed by atoms with Gasteiger partial charge in [-0.2, -0.15) is 4.31 Å². The predicted octanol–water partition coefficient (Wildman–Crippen LogP) is 2.06. The molecule has 0 amide bonds. The van der Waals surface area contributed by atoms with Gasteiger partial charge in [-0.3, -0.25) is 4.98 Å². The van der Waals surface area contributed by atoms with Crippen LogP contribution in [0.3, 0.4) is 0 Å². The third-order valence-corrected chi connectivity index (χ3v) is 7.32. The lowest BCUT2D eigenvalue weighted by Crippen LogP contribution is -2.55. The molecular weight excluding hydrogens is 364 g/mol. The number of sulfonamides is 1. The highest BCUT2D eigenvalue weighted by Gasteiger charge is 2.50. The van der Waals surface area contributed by atoms with Crippen LogP contribution in [0.4, 0.5) is 5.82 Å². The highest BCUT2D eigenvalue weighted by molar-refractivity contribution is 7.89. The van der Waals surface area contributed by atoms with Crippen LogP contribution < -0.4 is 4.90 Å². The standard InChI is InChI=1S/C19H24N4O3S/c1-2-16-14-20-15-18(21-16)22-10-8-19(9-11-22)23(12-13-26-19)27(24,25)17-6-4-3-5-7-17/h3-7,14-15H,2,8-13H2,1H3.